The van der Waals surface area contributed by atoms with Crippen molar-refractivity contribution in [2.24, 2.45) is 0 Å². The fraction of sp³-hybridized carbons (Fsp3) is 0.341. The van der Waals surface area contributed by atoms with Gasteiger partial charge in [0.05, 0.1) is 0 Å². The van der Waals surface area contributed by atoms with Gasteiger partial charge in [0, 0.05) is 25.4 Å². The smallest absolute Gasteiger partial charge is 0.408 e. The maximum atomic E-state index is 14.5. The Hall–Kier alpha value is -5.51. The van der Waals surface area contributed by atoms with Gasteiger partial charge in [-0.05, 0) is 86.7 Å². The lowest BCUT2D eigenvalue weighted by Crippen LogP contribution is -2.49. The Morgan fingerprint density at radius 2 is 1.41 bits per heavy atom. The summed E-state index contributed by atoms with van der Waals surface area (Å²) in [5.41, 5.74) is 0.576. The highest BCUT2D eigenvalue weighted by Gasteiger charge is 2.32. The van der Waals surface area contributed by atoms with E-state index in [0.717, 1.165) is 32.7 Å². The molecule has 3 amide bonds. The van der Waals surface area contributed by atoms with Crippen molar-refractivity contribution in [3.05, 3.63) is 120 Å². The molecule has 0 aliphatic rings. The van der Waals surface area contributed by atoms with Gasteiger partial charge in [-0.1, -0.05) is 96.2 Å². The third kappa shape index (κ3) is 10.3. The SMILES string of the molecule is Cc1noc([C@@H](Cc2ccc3ccccc3c2)N(C)C(=O)C(Cc2ccc3ccccc3c2)NC(=O)/C=C/CC(C)(C)NC(=O)OC(C)(C)C)n1. The second-order valence-electron chi connectivity index (χ2n) is 14.6. The quantitative estimate of drug-likeness (QED) is 0.131. The number of alkyl carbamates (subject to hydrolysis) is 1. The van der Waals surface area contributed by atoms with Crippen LogP contribution in [0.15, 0.2) is 102 Å². The number of aryl methyl sites for hydroxylation is 1. The number of carbonyl (C=O) groups is 3. The van der Waals surface area contributed by atoms with Gasteiger partial charge in [-0.25, -0.2) is 4.79 Å². The lowest BCUT2D eigenvalue weighted by Gasteiger charge is -2.30. The van der Waals surface area contributed by atoms with Crippen LogP contribution in [0.25, 0.3) is 21.5 Å². The monoisotopic (exact) mass is 689 g/mol. The summed E-state index contributed by atoms with van der Waals surface area (Å²) in [6.45, 7) is 10.8. The van der Waals surface area contributed by atoms with E-state index in [-0.39, 0.29) is 12.3 Å². The van der Waals surface area contributed by atoms with Crippen molar-refractivity contribution < 1.29 is 23.6 Å². The zero-order valence-corrected chi connectivity index (χ0v) is 30.4. The highest BCUT2D eigenvalue weighted by atomic mass is 16.6. The molecule has 10 heteroatoms. The van der Waals surface area contributed by atoms with E-state index < -0.39 is 35.2 Å². The standard InChI is InChI=1S/C41H47N5O5/c1-27-42-37(51-45-27)35(26-29-19-21-31-14-9-11-16-33(31)24-29)46(7)38(48)34(25-28-18-20-30-13-8-10-15-32(30)23-28)43-36(47)17-12-22-41(5,6)44-39(49)50-40(2,3)4/h8-21,23-24,34-35H,22,25-26H2,1-7H3,(H,43,47)(H,44,49)/b17-12+/t34?,35-/m1/s1. The Kier molecular flexibility index (Phi) is 11.2. The number of ether oxygens (including phenoxy) is 1. The Morgan fingerprint density at radius 1 is 0.843 bits per heavy atom. The molecule has 0 fully saturated rings. The molecule has 51 heavy (non-hydrogen) atoms. The maximum absolute atomic E-state index is 14.5. The molecule has 0 radical (unpaired) electrons. The first-order valence-corrected chi connectivity index (χ1v) is 17.2. The lowest BCUT2D eigenvalue weighted by molar-refractivity contribution is -0.137. The Balaban J connectivity index is 1.38. The van der Waals surface area contributed by atoms with Gasteiger partial charge in [0.15, 0.2) is 5.82 Å². The number of hydrogen-bond acceptors (Lipinski definition) is 7. The Bertz CT molecular complexity index is 2040. The number of fused-ring (bicyclic) bond motifs is 2. The normalized spacial score (nSPS) is 13.2. The van der Waals surface area contributed by atoms with Gasteiger partial charge in [0.25, 0.3) is 0 Å². The van der Waals surface area contributed by atoms with Crippen LogP contribution in [-0.4, -0.2) is 57.2 Å². The number of nitrogens with one attached hydrogen (secondary N) is 2. The summed E-state index contributed by atoms with van der Waals surface area (Å²) in [6, 6.07) is 26.8. The molecular formula is C41H47N5O5. The Morgan fingerprint density at radius 3 is 1.96 bits per heavy atom. The van der Waals surface area contributed by atoms with Gasteiger partial charge in [-0.3, -0.25) is 9.59 Å². The van der Waals surface area contributed by atoms with Crippen molar-refractivity contribution in [3.63, 3.8) is 0 Å². The molecule has 10 nitrogen and oxygen atoms in total. The van der Waals surface area contributed by atoms with Crippen LogP contribution in [0.4, 0.5) is 4.79 Å². The number of nitrogens with zero attached hydrogens (tertiary/aromatic N) is 3. The van der Waals surface area contributed by atoms with E-state index in [1.165, 1.54) is 6.08 Å². The van der Waals surface area contributed by atoms with Gasteiger partial charge in [0.2, 0.25) is 17.7 Å². The fourth-order valence-electron chi connectivity index (χ4n) is 5.94. The zero-order chi connectivity index (χ0) is 36.8. The minimum absolute atomic E-state index is 0.255. The Labute approximate surface area is 299 Å². The molecular weight excluding hydrogens is 642 g/mol. The third-order valence-corrected chi connectivity index (χ3v) is 8.49. The van der Waals surface area contributed by atoms with Crippen LogP contribution in [0.1, 0.15) is 69.9 Å². The van der Waals surface area contributed by atoms with Gasteiger partial charge in [-0.15, -0.1) is 0 Å². The molecule has 1 heterocycles. The number of hydrogen-bond donors (Lipinski definition) is 2. The minimum Gasteiger partial charge on any atom is -0.444 e. The van der Waals surface area contributed by atoms with Crippen LogP contribution in [0.3, 0.4) is 0 Å². The van der Waals surface area contributed by atoms with Crippen molar-refractivity contribution in [2.75, 3.05) is 7.05 Å². The number of likely N-dealkylation sites (N-methyl/N-ethyl adjacent to an activating group) is 1. The van der Waals surface area contributed by atoms with Crippen LogP contribution in [-0.2, 0) is 27.2 Å². The molecule has 0 bridgehead atoms. The molecule has 5 aromatic rings. The van der Waals surface area contributed by atoms with Crippen LogP contribution in [0.2, 0.25) is 0 Å². The molecule has 1 aromatic heterocycles. The minimum atomic E-state index is -0.913. The van der Waals surface area contributed by atoms with Crippen molar-refractivity contribution in [2.45, 2.75) is 84.0 Å². The largest absolute Gasteiger partial charge is 0.444 e. The van der Waals surface area contributed by atoms with Gasteiger partial charge in [0.1, 0.15) is 17.7 Å². The summed E-state index contributed by atoms with van der Waals surface area (Å²) in [7, 11) is 1.70. The average molecular weight is 690 g/mol. The number of carbonyl (C=O) groups excluding carboxylic acids is 3. The molecule has 0 saturated carbocycles. The zero-order valence-electron chi connectivity index (χ0n) is 30.4. The average Bonchev–Trinajstić information content (AvgIpc) is 3.50. The molecule has 266 valence electrons. The predicted molar refractivity (Wildman–Crippen MR) is 199 cm³/mol. The number of rotatable bonds is 12. The number of benzene rings is 4. The van der Waals surface area contributed by atoms with Crippen molar-refractivity contribution in [1.29, 1.82) is 0 Å². The molecule has 2 atom stereocenters. The van der Waals surface area contributed by atoms with Gasteiger partial charge >= 0.3 is 6.09 Å². The first-order valence-electron chi connectivity index (χ1n) is 17.2. The molecule has 0 aliphatic carbocycles. The van der Waals surface area contributed by atoms with Crippen molar-refractivity contribution in [1.82, 2.24) is 25.7 Å². The highest BCUT2D eigenvalue weighted by Crippen LogP contribution is 2.27. The van der Waals surface area contributed by atoms with Crippen LogP contribution >= 0.6 is 0 Å². The summed E-state index contributed by atoms with van der Waals surface area (Å²) >= 11 is 0. The second kappa shape index (κ2) is 15.6. The van der Waals surface area contributed by atoms with E-state index in [1.54, 1.807) is 45.7 Å². The second-order valence-corrected chi connectivity index (χ2v) is 14.6. The predicted octanol–water partition coefficient (Wildman–Crippen LogP) is 7.40. The van der Waals surface area contributed by atoms with Crippen molar-refractivity contribution in [3.8, 4) is 0 Å². The summed E-state index contributed by atoms with van der Waals surface area (Å²) in [6.07, 6.45) is 3.57. The van der Waals surface area contributed by atoms with Gasteiger partial charge in [-0.2, -0.15) is 4.98 Å². The number of aromatic nitrogens is 2. The van der Waals surface area contributed by atoms with E-state index in [9.17, 15) is 14.4 Å². The van der Waals surface area contributed by atoms with Crippen LogP contribution in [0.5, 0.6) is 0 Å². The lowest BCUT2D eigenvalue weighted by atomic mass is 9.98. The maximum Gasteiger partial charge on any atom is 0.408 e. The van der Waals surface area contributed by atoms with Crippen molar-refractivity contribution >= 4 is 39.5 Å². The first kappa shape index (κ1) is 36.8. The first-order chi connectivity index (χ1) is 24.2. The fourth-order valence-corrected chi connectivity index (χ4v) is 5.94. The molecule has 5 rings (SSSR count). The van der Waals surface area contributed by atoms with Gasteiger partial charge < -0.3 is 24.8 Å². The summed E-state index contributed by atoms with van der Waals surface area (Å²) in [4.78, 5) is 46.3. The van der Waals surface area contributed by atoms with E-state index in [1.807, 2.05) is 74.5 Å². The van der Waals surface area contributed by atoms with E-state index in [4.69, 9.17) is 9.26 Å². The third-order valence-electron chi connectivity index (χ3n) is 8.49. The highest BCUT2D eigenvalue weighted by molar-refractivity contribution is 5.93. The molecule has 0 saturated heterocycles. The summed E-state index contributed by atoms with van der Waals surface area (Å²) in [5, 5.41) is 14.1. The van der Waals surface area contributed by atoms with E-state index in [0.29, 0.717) is 24.6 Å². The molecule has 0 aliphatic heterocycles. The molecule has 0 spiro atoms. The molecule has 1 unspecified atom stereocenters. The summed E-state index contributed by atoms with van der Waals surface area (Å²) < 4.78 is 11.0. The van der Waals surface area contributed by atoms with E-state index in [2.05, 4.69) is 45.0 Å². The van der Waals surface area contributed by atoms with Crippen LogP contribution in [0, 0.1) is 6.92 Å². The molecule has 4 aromatic carbocycles. The van der Waals surface area contributed by atoms with E-state index >= 15 is 0 Å². The molecule has 2 N–H and O–H groups in total. The van der Waals surface area contributed by atoms with Crippen LogP contribution < -0.4 is 10.6 Å². The summed E-state index contributed by atoms with van der Waals surface area (Å²) in [5.74, 6) is 0.0327. The topological polar surface area (TPSA) is 127 Å². The number of amides is 3.